The topological polar surface area (TPSA) is 41.6 Å². The molecular formula is C16H32N2O2S. The highest BCUT2D eigenvalue weighted by Gasteiger charge is 2.25. The molecule has 2 atom stereocenters. The molecule has 0 aromatic heterocycles. The van der Waals surface area contributed by atoms with Crippen molar-refractivity contribution < 1.29 is 9.53 Å². The van der Waals surface area contributed by atoms with Crippen molar-refractivity contribution in [3.63, 3.8) is 0 Å². The quantitative estimate of drug-likeness (QED) is 0.844. The van der Waals surface area contributed by atoms with Crippen molar-refractivity contribution in [2.24, 2.45) is 5.92 Å². The molecule has 1 rings (SSSR count). The van der Waals surface area contributed by atoms with Gasteiger partial charge in [-0.2, -0.15) is 11.8 Å². The van der Waals surface area contributed by atoms with Gasteiger partial charge in [-0.05, 0) is 64.5 Å². The standard InChI is InChI=1S/C16H32N2O2S/c1-13(12-21-5)11-17-14-7-6-9-18(10-8-14)15(19)20-16(2,3)4/h13-14,17H,6-12H2,1-5H3. The van der Waals surface area contributed by atoms with E-state index in [4.69, 9.17) is 4.74 Å². The predicted octanol–water partition coefficient (Wildman–Crippen LogP) is 3.36. The molecule has 0 aliphatic carbocycles. The molecule has 0 saturated carbocycles. The smallest absolute Gasteiger partial charge is 0.410 e. The van der Waals surface area contributed by atoms with Crippen LogP contribution in [-0.4, -0.2) is 54.3 Å². The number of rotatable bonds is 5. The van der Waals surface area contributed by atoms with Crippen molar-refractivity contribution in [2.75, 3.05) is 31.6 Å². The van der Waals surface area contributed by atoms with E-state index < -0.39 is 5.60 Å². The molecule has 1 fully saturated rings. The van der Waals surface area contributed by atoms with Crippen molar-refractivity contribution in [1.82, 2.24) is 10.2 Å². The van der Waals surface area contributed by atoms with Crippen molar-refractivity contribution >= 4 is 17.9 Å². The fourth-order valence-corrected chi connectivity index (χ4v) is 3.21. The van der Waals surface area contributed by atoms with Crippen LogP contribution in [0.25, 0.3) is 0 Å². The minimum Gasteiger partial charge on any atom is -0.444 e. The van der Waals surface area contributed by atoms with Gasteiger partial charge in [-0.15, -0.1) is 0 Å². The maximum atomic E-state index is 12.1. The SMILES string of the molecule is CSCC(C)CNC1CCCN(C(=O)OC(C)(C)C)CC1. The van der Waals surface area contributed by atoms with Crippen LogP contribution in [-0.2, 0) is 4.74 Å². The van der Waals surface area contributed by atoms with E-state index in [0.29, 0.717) is 12.0 Å². The van der Waals surface area contributed by atoms with Gasteiger partial charge in [0.2, 0.25) is 0 Å². The predicted molar refractivity (Wildman–Crippen MR) is 91.0 cm³/mol. The molecule has 1 heterocycles. The fraction of sp³-hybridized carbons (Fsp3) is 0.938. The highest BCUT2D eigenvalue weighted by Crippen LogP contribution is 2.16. The first-order valence-corrected chi connectivity index (χ1v) is 9.41. The molecule has 0 aromatic rings. The van der Waals surface area contributed by atoms with Crippen LogP contribution >= 0.6 is 11.8 Å². The molecule has 1 amide bonds. The van der Waals surface area contributed by atoms with Crippen LogP contribution in [0, 0.1) is 5.92 Å². The normalized spacial score (nSPS) is 21.8. The second kappa shape index (κ2) is 8.89. The molecule has 0 radical (unpaired) electrons. The van der Waals surface area contributed by atoms with Gasteiger partial charge in [0.15, 0.2) is 0 Å². The Bertz CT molecular complexity index is 318. The summed E-state index contributed by atoms with van der Waals surface area (Å²) in [4.78, 5) is 14.0. The summed E-state index contributed by atoms with van der Waals surface area (Å²) in [7, 11) is 0. The number of thioether (sulfide) groups is 1. The number of carbonyl (C=O) groups excluding carboxylic acids is 1. The summed E-state index contributed by atoms with van der Waals surface area (Å²) >= 11 is 1.90. The lowest BCUT2D eigenvalue weighted by Crippen LogP contribution is -2.38. The van der Waals surface area contributed by atoms with E-state index in [9.17, 15) is 4.79 Å². The molecule has 124 valence electrons. The van der Waals surface area contributed by atoms with E-state index in [-0.39, 0.29) is 6.09 Å². The first-order valence-electron chi connectivity index (χ1n) is 8.02. The third kappa shape index (κ3) is 7.96. The molecule has 5 heteroatoms. The summed E-state index contributed by atoms with van der Waals surface area (Å²) < 4.78 is 5.46. The van der Waals surface area contributed by atoms with Crippen molar-refractivity contribution in [3.05, 3.63) is 0 Å². The van der Waals surface area contributed by atoms with Crippen LogP contribution < -0.4 is 5.32 Å². The molecule has 1 aliphatic rings. The molecule has 0 aromatic carbocycles. The van der Waals surface area contributed by atoms with E-state index in [1.807, 2.05) is 37.4 Å². The van der Waals surface area contributed by atoms with E-state index in [2.05, 4.69) is 18.5 Å². The van der Waals surface area contributed by atoms with Gasteiger partial charge in [-0.1, -0.05) is 6.92 Å². The largest absolute Gasteiger partial charge is 0.444 e. The summed E-state index contributed by atoms with van der Waals surface area (Å²) in [5.41, 5.74) is -0.408. The van der Waals surface area contributed by atoms with Crippen LogP contribution in [0.1, 0.15) is 47.0 Å². The Morgan fingerprint density at radius 2 is 2.10 bits per heavy atom. The summed E-state index contributed by atoms with van der Waals surface area (Å²) in [5.74, 6) is 1.90. The molecule has 4 nitrogen and oxygen atoms in total. The van der Waals surface area contributed by atoms with Crippen molar-refractivity contribution in [2.45, 2.75) is 58.6 Å². The second-order valence-corrected chi connectivity index (χ2v) is 7.97. The van der Waals surface area contributed by atoms with Gasteiger partial charge in [0.25, 0.3) is 0 Å². The van der Waals surface area contributed by atoms with Crippen molar-refractivity contribution in [3.8, 4) is 0 Å². The maximum Gasteiger partial charge on any atom is 0.410 e. The lowest BCUT2D eigenvalue weighted by molar-refractivity contribution is 0.0256. The first kappa shape index (κ1) is 18.6. The van der Waals surface area contributed by atoms with Gasteiger partial charge in [-0.25, -0.2) is 4.79 Å². The Labute approximate surface area is 134 Å². The van der Waals surface area contributed by atoms with Crippen LogP contribution in [0.5, 0.6) is 0 Å². The first-order chi connectivity index (χ1) is 9.81. The molecule has 0 spiro atoms. The number of likely N-dealkylation sites (tertiary alicyclic amines) is 1. The Balaban J connectivity index is 2.34. The number of hydrogen-bond donors (Lipinski definition) is 1. The highest BCUT2D eigenvalue weighted by molar-refractivity contribution is 7.98. The zero-order valence-electron chi connectivity index (χ0n) is 14.3. The molecule has 1 aliphatic heterocycles. The summed E-state index contributed by atoms with van der Waals surface area (Å²) in [6, 6.07) is 0.529. The minimum absolute atomic E-state index is 0.168. The number of ether oxygens (including phenoxy) is 1. The Morgan fingerprint density at radius 1 is 1.38 bits per heavy atom. The Kier molecular flexibility index (Phi) is 7.88. The van der Waals surface area contributed by atoms with E-state index in [1.54, 1.807) is 0 Å². The third-order valence-corrected chi connectivity index (χ3v) is 4.49. The van der Waals surface area contributed by atoms with Crippen LogP contribution in [0.15, 0.2) is 0 Å². The van der Waals surface area contributed by atoms with Crippen LogP contribution in [0.3, 0.4) is 0 Å². The van der Waals surface area contributed by atoms with E-state index in [1.165, 1.54) is 5.75 Å². The molecule has 2 unspecified atom stereocenters. The van der Waals surface area contributed by atoms with Gasteiger partial charge in [-0.3, -0.25) is 0 Å². The second-order valence-electron chi connectivity index (χ2n) is 7.06. The number of amides is 1. The Hall–Kier alpha value is -0.420. The molecular weight excluding hydrogens is 284 g/mol. The highest BCUT2D eigenvalue weighted by atomic mass is 32.2. The average molecular weight is 317 g/mol. The summed E-state index contributed by atoms with van der Waals surface area (Å²) in [5, 5.41) is 3.66. The zero-order valence-corrected chi connectivity index (χ0v) is 15.1. The van der Waals surface area contributed by atoms with Gasteiger partial charge >= 0.3 is 6.09 Å². The molecule has 21 heavy (non-hydrogen) atoms. The lowest BCUT2D eigenvalue weighted by atomic mass is 10.1. The molecule has 0 bridgehead atoms. The zero-order chi connectivity index (χ0) is 15.9. The maximum absolute atomic E-state index is 12.1. The van der Waals surface area contributed by atoms with Gasteiger partial charge in [0, 0.05) is 19.1 Å². The van der Waals surface area contributed by atoms with Crippen molar-refractivity contribution in [1.29, 1.82) is 0 Å². The van der Waals surface area contributed by atoms with Gasteiger partial charge < -0.3 is 15.0 Å². The van der Waals surface area contributed by atoms with Gasteiger partial charge in [0.05, 0.1) is 0 Å². The fourth-order valence-electron chi connectivity index (χ4n) is 2.52. The van der Waals surface area contributed by atoms with E-state index in [0.717, 1.165) is 38.9 Å². The summed E-state index contributed by atoms with van der Waals surface area (Å²) in [6.45, 7) is 10.7. The Morgan fingerprint density at radius 3 is 2.71 bits per heavy atom. The van der Waals surface area contributed by atoms with E-state index >= 15 is 0 Å². The number of carbonyl (C=O) groups is 1. The van der Waals surface area contributed by atoms with Gasteiger partial charge in [0.1, 0.15) is 5.60 Å². The minimum atomic E-state index is -0.408. The molecule has 1 N–H and O–H groups in total. The average Bonchev–Trinajstić information content (AvgIpc) is 2.60. The number of nitrogens with zero attached hydrogens (tertiary/aromatic N) is 1. The lowest BCUT2D eigenvalue weighted by Gasteiger charge is -2.26. The number of hydrogen-bond acceptors (Lipinski definition) is 4. The number of nitrogens with one attached hydrogen (secondary N) is 1. The summed E-state index contributed by atoms with van der Waals surface area (Å²) in [6.07, 6.45) is 5.20. The van der Waals surface area contributed by atoms with Crippen LogP contribution in [0.4, 0.5) is 4.79 Å². The monoisotopic (exact) mass is 316 g/mol. The molecule has 1 saturated heterocycles. The third-order valence-electron chi connectivity index (χ3n) is 3.59. The van der Waals surface area contributed by atoms with Crippen LogP contribution in [0.2, 0.25) is 0 Å².